The van der Waals surface area contributed by atoms with Gasteiger partial charge in [0.25, 0.3) is 5.91 Å². The molecular formula is C19H17NO5. The van der Waals surface area contributed by atoms with Crippen molar-refractivity contribution in [1.82, 2.24) is 0 Å². The van der Waals surface area contributed by atoms with Gasteiger partial charge in [0.1, 0.15) is 0 Å². The van der Waals surface area contributed by atoms with Crippen LogP contribution in [0.5, 0.6) is 0 Å². The lowest BCUT2D eigenvalue weighted by atomic mass is 10.1. The number of nitrogens with zero attached hydrogens (tertiary/aromatic N) is 1. The van der Waals surface area contributed by atoms with Crippen molar-refractivity contribution in [2.75, 3.05) is 25.2 Å². The van der Waals surface area contributed by atoms with Crippen molar-refractivity contribution < 1.29 is 23.9 Å². The average molecular weight is 339 g/mol. The number of carbonyl (C=O) groups excluding carboxylic acids is 3. The highest BCUT2D eigenvalue weighted by Gasteiger charge is 2.25. The molecule has 0 saturated carbocycles. The summed E-state index contributed by atoms with van der Waals surface area (Å²) in [6.07, 6.45) is 0.796. The third-order valence-electron chi connectivity index (χ3n) is 4.06. The molecule has 0 aliphatic carbocycles. The number of rotatable bonds is 4. The minimum absolute atomic E-state index is 0.260. The molecule has 0 saturated heterocycles. The van der Waals surface area contributed by atoms with Gasteiger partial charge in [0.15, 0.2) is 6.61 Å². The van der Waals surface area contributed by atoms with Crippen LogP contribution in [-0.4, -0.2) is 38.1 Å². The minimum atomic E-state index is -0.614. The Bertz CT molecular complexity index is 813. The standard InChI is InChI=1S/C19H17NO5/c1-24-18(22)14-6-8-15(9-7-14)19(23)25-12-17(21)20-11-10-13-4-2-3-5-16(13)20/h2-9H,10-12H2,1H3. The molecule has 1 aliphatic heterocycles. The molecule has 0 fully saturated rings. The lowest BCUT2D eigenvalue weighted by Crippen LogP contribution is -2.33. The van der Waals surface area contributed by atoms with E-state index in [0.717, 1.165) is 17.7 Å². The van der Waals surface area contributed by atoms with Crippen LogP contribution in [0.4, 0.5) is 5.69 Å². The Kier molecular flexibility index (Phi) is 4.79. The summed E-state index contributed by atoms with van der Waals surface area (Å²) in [5.74, 6) is -1.36. The van der Waals surface area contributed by atoms with E-state index < -0.39 is 11.9 Å². The van der Waals surface area contributed by atoms with Crippen molar-refractivity contribution in [3.63, 3.8) is 0 Å². The summed E-state index contributed by atoms with van der Waals surface area (Å²) in [6.45, 7) is 0.259. The lowest BCUT2D eigenvalue weighted by Gasteiger charge is -2.17. The molecule has 2 aromatic rings. The summed E-state index contributed by atoms with van der Waals surface area (Å²) in [7, 11) is 1.28. The van der Waals surface area contributed by atoms with Gasteiger partial charge in [-0.3, -0.25) is 4.79 Å². The molecule has 6 heteroatoms. The molecule has 0 radical (unpaired) electrons. The SMILES string of the molecule is COC(=O)c1ccc(C(=O)OCC(=O)N2CCc3ccccc32)cc1. The van der Waals surface area contributed by atoms with Crippen molar-refractivity contribution >= 4 is 23.5 Å². The number of methoxy groups -OCH3 is 1. The summed E-state index contributed by atoms with van der Waals surface area (Å²) in [6, 6.07) is 13.5. The van der Waals surface area contributed by atoms with Gasteiger partial charge >= 0.3 is 11.9 Å². The number of fused-ring (bicyclic) bond motifs is 1. The molecule has 1 amide bonds. The first-order valence-corrected chi connectivity index (χ1v) is 7.84. The molecular weight excluding hydrogens is 322 g/mol. The van der Waals surface area contributed by atoms with Crippen LogP contribution in [0, 0.1) is 0 Å². The second-order valence-electron chi connectivity index (χ2n) is 5.57. The molecule has 2 aromatic carbocycles. The van der Waals surface area contributed by atoms with Gasteiger partial charge < -0.3 is 14.4 Å². The third kappa shape index (κ3) is 3.52. The highest BCUT2D eigenvalue weighted by Crippen LogP contribution is 2.27. The normalized spacial score (nSPS) is 12.4. The second-order valence-corrected chi connectivity index (χ2v) is 5.57. The Labute approximate surface area is 145 Å². The molecule has 0 N–H and O–H groups in total. The average Bonchev–Trinajstić information content (AvgIpc) is 3.09. The van der Waals surface area contributed by atoms with Crippen LogP contribution in [0.1, 0.15) is 26.3 Å². The lowest BCUT2D eigenvalue weighted by molar-refractivity contribution is -0.121. The van der Waals surface area contributed by atoms with Gasteiger partial charge in [-0.1, -0.05) is 18.2 Å². The van der Waals surface area contributed by atoms with E-state index in [4.69, 9.17) is 4.74 Å². The van der Waals surface area contributed by atoms with Crippen molar-refractivity contribution in [2.24, 2.45) is 0 Å². The maximum Gasteiger partial charge on any atom is 0.338 e. The smallest absolute Gasteiger partial charge is 0.338 e. The zero-order chi connectivity index (χ0) is 17.8. The fraction of sp³-hybridized carbons (Fsp3) is 0.211. The van der Waals surface area contributed by atoms with E-state index in [1.165, 1.54) is 31.4 Å². The molecule has 0 unspecified atom stereocenters. The van der Waals surface area contributed by atoms with Gasteiger partial charge in [-0.05, 0) is 42.3 Å². The van der Waals surface area contributed by atoms with E-state index in [2.05, 4.69) is 4.74 Å². The number of esters is 2. The highest BCUT2D eigenvalue weighted by atomic mass is 16.5. The number of anilines is 1. The van der Waals surface area contributed by atoms with E-state index >= 15 is 0 Å². The Balaban J connectivity index is 1.59. The van der Waals surface area contributed by atoms with Gasteiger partial charge in [0, 0.05) is 12.2 Å². The topological polar surface area (TPSA) is 72.9 Å². The highest BCUT2D eigenvalue weighted by molar-refractivity contribution is 5.99. The van der Waals surface area contributed by atoms with E-state index in [9.17, 15) is 14.4 Å². The molecule has 0 atom stereocenters. The maximum atomic E-state index is 12.3. The number of hydrogen-bond acceptors (Lipinski definition) is 5. The Morgan fingerprint density at radius 3 is 2.28 bits per heavy atom. The first kappa shape index (κ1) is 16.7. The molecule has 1 heterocycles. The predicted octanol–water partition coefficient (Wildman–Crippen LogP) is 2.22. The van der Waals surface area contributed by atoms with Crippen LogP contribution in [-0.2, 0) is 20.7 Å². The van der Waals surface area contributed by atoms with Crippen molar-refractivity contribution in [3.8, 4) is 0 Å². The van der Waals surface area contributed by atoms with Gasteiger partial charge in [-0.15, -0.1) is 0 Å². The number of amides is 1. The van der Waals surface area contributed by atoms with E-state index in [-0.39, 0.29) is 18.1 Å². The molecule has 1 aliphatic rings. The van der Waals surface area contributed by atoms with Gasteiger partial charge in [0.05, 0.1) is 18.2 Å². The quantitative estimate of drug-likeness (QED) is 0.799. The Morgan fingerprint density at radius 1 is 0.960 bits per heavy atom. The van der Waals surface area contributed by atoms with Crippen LogP contribution >= 0.6 is 0 Å². The monoisotopic (exact) mass is 339 g/mol. The molecule has 6 nitrogen and oxygen atoms in total. The summed E-state index contributed by atoms with van der Waals surface area (Å²) in [5, 5.41) is 0. The summed E-state index contributed by atoms with van der Waals surface area (Å²) in [5.41, 5.74) is 2.58. The molecule has 25 heavy (non-hydrogen) atoms. The molecule has 0 aromatic heterocycles. The molecule has 0 spiro atoms. The van der Waals surface area contributed by atoms with Gasteiger partial charge in [-0.25, -0.2) is 9.59 Å². The van der Waals surface area contributed by atoms with Gasteiger partial charge in [-0.2, -0.15) is 0 Å². The molecule has 128 valence electrons. The fourth-order valence-electron chi connectivity index (χ4n) is 2.75. The van der Waals surface area contributed by atoms with E-state index in [1.54, 1.807) is 4.90 Å². The van der Waals surface area contributed by atoms with Gasteiger partial charge in [0.2, 0.25) is 0 Å². The van der Waals surface area contributed by atoms with Crippen LogP contribution in [0.15, 0.2) is 48.5 Å². The van der Waals surface area contributed by atoms with Crippen LogP contribution in [0.2, 0.25) is 0 Å². The first-order chi connectivity index (χ1) is 12.1. The summed E-state index contributed by atoms with van der Waals surface area (Å²) >= 11 is 0. The Morgan fingerprint density at radius 2 is 1.60 bits per heavy atom. The minimum Gasteiger partial charge on any atom is -0.465 e. The fourth-order valence-corrected chi connectivity index (χ4v) is 2.75. The Hall–Kier alpha value is -3.15. The molecule has 0 bridgehead atoms. The number of benzene rings is 2. The van der Waals surface area contributed by atoms with Crippen LogP contribution < -0.4 is 4.90 Å². The zero-order valence-corrected chi connectivity index (χ0v) is 13.7. The largest absolute Gasteiger partial charge is 0.465 e. The maximum absolute atomic E-state index is 12.3. The van der Waals surface area contributed by atoms with Crippen molar-refractivity contribution in [1.29, 1.82) is 0 Å². The number of para-hydroxylation sites is 1. The summed E-state index contributed by atoms with van der Waals surface area (Å²) < 4.78 is 9.69. The number of hydrogen-bond donors (Lipinski definition) is 0. The second kappa shape index (κ2) is 7.17. The zero-order valence-electron chi connectivity index (χ0n) is 13.7. The first-order valence-electron chi connectivity index (χ1n) is 7.84. The molecule has 3 rings (SSSR count). The van der Waals surface area contributed by atoms with Crippen LogP contribution in [0.25, 0.3) is 0 Å². The van der Waals surface area contributed by atoms with Crippen LogP contribution in [0.3, 0.4) is 0 Å². The predicted molar refractivity (Wildman–Crippen MR) is 90.6 cm³/mol. The summed E-state index contributed by atoms with van der Waals surface area (Å²) in [4.78, 5) is 37.4. The van der Waals surface area contributed by atoms with Crippen molar-refractivity contribution in [2.45, 2.75) is 6.42 Å². The third-order valence-corrected chi connectivity index (χ3v) is 4.06. The number of carbonyl (C=O) groups is 3. The van der Waals surface area contributed by atoms with Crippen molar-refractivity contribution in [3.05, 3.63) is 65.2 Å². The number of ether oxygens (including phenoxy) is 2. The van der Waals surface area contributed by atoms with E-state index in [1.807, 2.05) is 24.3 Å². The van der Waals surface area contributed by atoms with E-state index in [0.29, 0.717) is 12.1 Å².